The number of hydrogen-bond donors (Lipinski definition) is 0. The zero-order valence-electron chi connectivity index (χ0n) is 9.54. The molecule has 0 fully saturated rings. The Balaban J connectivity index is 1.83. The maximum atomic E-state index is 4.31. The molecule has 3 heteroatoms. The van der Waals surface area contributed by atoms with Crippen molar-refractivity contribution in [2.24, 2.45) is 10.2 Å². The molecule has 0 spiro atoms. The molecule has 0 saturated carbocycles. The Morgan fingerprint density at radius 3 is 2.44 bits per heavy atom. The van der Waals surface area contributed by atoms with Gasteiger partial charge in [-0.05, 0) is 23.8 Å². The summed E-state index contributed by atoms with van der Waals surface area (Å²) in [5.41, 5.74) is 6.47. The van der Waals surface area contributed by atoms with Crippen molar-refractivity contribution in [3.63, 3.8) is 0 Å². The molecule has 1 aromatic carbocycles. The lowest BCUT2D eigenvalue weighted by atomic mass is 10.0. The zero-order valence-corrected chi connectivity index (χ0v) is 9.54. The van der Waals surface area contributed by atoms with Gasteiger partial charge in [0.05, 0.1) is 0 Å². The molecule has 2 aliphatic rings. The summed E-state index contributed by atoms with van der Waals surface area (Å²) in [6, 6.07) is 12.2. The number of nitrogens with zero attached hydrogens (tertiary/aromatic N) is 3. The number of rotatable bonds is 1. The Morgan fingerprint density at radius 2 is 1.56 bits per heavy atom. The van der Waals surface area contributed by atoms with Crippen molar-refractivity contribution in [1.29, 1.82) is 0 Å². The first-order valence-electron chi connectivity index (χ1n) is 5.81. The van der Waals surface area contributed by atoms with Gasteiger partial charge in [0.15, 0.2) is 0 Å². The van der Waals surface area contributed by atoms with Gasteiger partial charge in [-0.2, -0.15) is 0 Å². The minimum absolute atomic E-state index is 0.934. The lowest BCUT2D eigenvalue weighted by Gasteiger charge is -2.00. The molecule has 18 heavy (non-hydrogen) atoms. The Hall–Kier alpha value is -2.55. The van der Waals surface area contributed by atoms with Crippen LogP contribution in [0, 0.1) is 0 Å². The van der Waals surface area contributed by atoms with Gasteiger partial charge in [-0.15, -0.1) is 10.2 Å². The second-order valence-electron chi connectivity index (χ2n) is 4.28. The second-order valence-corrected chi connectivity index (χ2v) is 4.28. The van der Waals surface area contributed by atoms with E-state index in [-0.39, 0.29) is 0 Å². The molecule has 1 aliphatic heterocycles. The van der Waals surface area contributed by atoms with Crippen molar-refractivity contribution in [2.45, 2.75) is 0 Å². The van der Waals surface area contributed by atoms with E-state index in [2.05, 4.69) is 33.4 Å². The van der Waals surface area contributed by atoms with Crippen LogP contribution in [0.2, 0.25) is 0 Å². The lowest BCUT2D eigenvalue weighted by Crippen LogP contribution is -2.06. The van der Waals surface area contributed by atoms with Crippen molar-refractivity contribution >= 4 is 17.5 Å². The third kappa shape index (κ3) is 1.21. The largest absolute Gasteiger partial charge is 0.265 e. The first-order chi connectivity index (χ1) is 8.93. The zero-order chi connectivity index (χ0) is 11.9. The summed E-state index contributed by atoms with van der Waals surface area (Å²) in [6.45, 7) is 0. The summed E-state index contributed by atoms with van der Waals surface area (Å²) >= 11 is 0. The van der Waals surface area contributed by atoms with Crippen LogP contribution in [-0.2, 0) is 0 Å². The van der Waals surface area contributed by atoms with Crippen LogP contribution < -0.4 is 0 Å². The number of pyridine rings is 1. The summed E-state index contributed by atoms with van der Waals surface area (Å²) in [6.07, 6.45) is 5.71. The van der Waals surface area contributed by atoms with Crippen LogP contribution in [0.15, 0.2) is 64.6 Å². The van der Waals surface area contributed by atoms with Gasteiger partial charge in [0.25, 0.3) is 0 Å². The molecule has 0 amide bonds. The summed E-state index contributed by atoms with van der Waals surface area (Å²) in [5, 5.41) is 8.61. The summed E-state index contributed by atoms with van der Waals surface area (Å²) in [4.78, 5) is 4.03. The first-order valence-corrected chi connectivity index (χ1v) is 5.81. The molecule has 2 heterocycles. The quantitative estimate of drug-likeness (QED) is 0.743. The monoisotopic (exact) mass is 231 g/mol. The van der Waals surface area contributed by atoms with Gasteiger partial charge in [-0.1, -0.05) is 24.3 Å². The van der Waals surface area contributed by atoms with Gasteiger partial charge in [0.1, 0.15) is 11.4 Å². The van der Waals surface area contributed by atoms with Crippen molar-refractivity contribution in [3.8, 4) is 0 Å². The highest BCUT2D eigenvalue weighted by atomic mass is 15.2. The van der Waals surface area contributed by atoms with E-state index in [9.17, 15) is 0 Å². The summed E-state index contributed by atoms with van der Waals surface area (Å²) in [7, 11) is 0. The standard InChI is InChI=1S/C15H9N3/c1-2-4-12-11(3-1)9-13-14(17-18-15(12)13)10-5-7-16-8-6-10/h1-9H. The van der Waals surface area contributed by atoms with Gasteiger partial charge >= 0.3 is 0 Å². The fourth-order valence-electron chi connectivity index (χ4n) is 2.37. The van der Waals surface area contributed by atoms with Crippen LogP contribution in [0.3, 0.4) is 0 Å². The van der Waals surface area contributed by atoms with Crippen molar-refractivity contribution in [1.82, 2.24) is 4.98 Å². The molecule has 4 rings (SSSR count). The number of benzene rings is 1. The molecule has 0 saturated heterocycles. The smallest absolute Gasteiger partial charge is 0.103 e. The highest BCUT2D eigenvalue weighted by Gasteiger charge is 2.28. The first kappa shape index (κ1) is 9.48. The molecule has 0 radical (unpaired) electrons. The van der Waals surface area contributed by atoms with E-state index in [0.717, 1.165) is 22.6 Å². The molecule has 84 valence electrons. The predicted octanol–water partition coefficient (Wildman–Crippen LogP) is 2.69. The Labute approximate surface area is 104 Å². The van der Waals surface area contributed by atoms with Crippen LogP contribution in [0.4, 0.5) is 0 Å². The van der Waals surface area contributed by atoms with Gasteiger partial charge in [0.2, 0.25) is 0 Å². The normalized spacial score (nSPS) is 15.7. The van der Waals surface area contributed by atoms with E-state index in [1.807, 2.05) is 24.3 Å². The Morgan fingerprint density at radius 1 is 0.778 bits per heavy atom. The predicted molar refractivity (Wildman–Crippen MR) is 71.7 cm³/mol. The topological polar surface area (TPSA) is 37.6 Å². The third-order valence-electron chi connectivity index (χ3n) is 3.23. The minimum Gasteiger partial charge on any atom is -0.265 e. The number of aromatic nitrogens is 1. The number of hydrogen-bond acceptors (Lipinski definition) is 3. The van der Waals surface area contributed by atoms with Gasteiger partial charge in [0, 0.05) is 29.1 Å². The average molecular weight is 231 g/mol. The molecular weight excluding hydrogens is 222 g/mol. The Kier molecular flexibility index (Phi) is 1.83. The van der Waals surface area contributed by atoms with Gasteiger partial charge < -0.3 is 0 Å². The minimum atomic E-state index is 0.934. The maximum absolute atomic E-state index is 4.31. The van der Waals surface area contributed by atoms with E-state index >= 15 is 0 Å². The molecule has 2 aromatic rings. The number of allylic oxidation sites excluding steroid dienone is 1. The SMILES string of the molecule is C1=C2C(c3ccncc3)=NN=C2c2ccccc21. The molecule has 0 bridgehead atoms. The van der Waals surface area contributed by atoms with E-state index < -0.39 is 0 Å². The molecule has 0 atom stereocenters. The van der Waals surface area contributed by atoms with Gasteiger partial charge in [-0.3, -0.25) is 4.98 Å². The van der Waals surface area contributed by atoms with Crippen molar-refractivity contribution in [3.05, 3.63) is 71.1 Å². The van der Waals surface area contributed by atoms with Gasteiger partial charge in [-0.25, -0.2) is 0 Å². The molecule has 0 unspecified atom stereocenters. The summed E-state index contributed by atoms with van der Waals surface area (Å²) < 4.78 is 0. The highest BCUT2D eigenvalue weighted by Crippen LogP contribution is 2.31. The van der Waals surface area contributed by atoms with E-state index in [4.69, 9.17) is 0 Å². The molecule has 1 aromatic heterocycles. The van der Waals surface area contributed by atoms with Crippen molar-refractivity contribution < 1.29 is 0 Å². The molecule has 1 aliphatic carbocycles. The van der Waals surface area contributed by atoms with E-state index in [0.29, 0.717) is 0 Å². The molecular formula is C15H9N3. The lowest BCUT2D eigenvalue weighted by molar-refractivity contribution is 1.26. The molecule has 3 nitrogen and oxygen atoms in total. The number of fused-ring (bicyclic) bond motifs is 3. The van der Waals surface area contributed by atoms with E-state index in [1.165, 1.54) is 11.1 Å². The van der Waals surface area contributed by atoms with Crippen LogP contribution in [-0.4, -0.2) is 16.4 Å². The molecule has 0 N–H and O–H groups in total. The fraction of sp³-hybridized carbons (Fsp3) is 0. The van der Waals surface area contributed by atoms with Crippen LogP contribution in [0.5, 0.6) is 0 Å². The van der Waals surface area contributed by atoms with Crippen LogP contribution in [0.25, 0.3) is 6.08 Å². The van der Waals surface area contributed by atoms with Crippen LogP contribution >= 0.6 is 0 Å². The van der Waals surface area contributed by atoms with E-state index in [1.54, 1.807) is 12.4 Å². The fourth-order valence-corrected chi connectivity index (χ4v) is 2.37. The maximum Gasteiger partial charge on any atom is 0.103 e. The third-order valence-corrected chi connectivity index (χ3v) is 3.23. The average Bonchev–Trinajstić information content (AvgIpc) is 2.98. The summed E-state index contributed by atoms with van der Waals surface area (Å²) in [5.74, 6) is 0. The van der Waals surface area contributed by atoms with Crippen LogP contribution in [0.1, 0.15) is 16.7 Å². The van der Waals surface area contributed by atoms with Crippen molar-refractivity contribution in [2.75, 3.05) is 0 Å². The second kappa shape index (κ2) is 3.47. The Bertz CT molecular complexity index is 724. The highest BCUT2D eigenvalue weighted by molar-refractivity contribution is 6.41.